The molecular weight excluding hydrogens is 448 g/mol. The van der Waals surface area contributed by atoms with Gasteiger partial charge in [0.15, 0.2) is 0 Å². The van der Waals surface area contributed by atoms with Crippen molar-refractivity contribution in [2.24, 2.45) is 0 Å². The number of hydrogen-bond donors (Lipinski definition) is 0. The lowest BCUT2D eigenvalue weighted by Crippen LogP contribution is -2.02. The summed E-state index contributed by atoms with van der Waals surface area (Å²) in [6.45, 7) is 5.43. The minimum atomic E-state index is -0.304. The van der Waals surface area contributed by atoms with Crippen molar-refractivity contribution >= 4 is 24.1 Å². The summed E-state index contributed by atoms with van der Waals surface area (Å²) in [5.41, 5.74) is 1.82. The first-order valence-corrected chi connectivity index (χ1v) is 14.5. The van der Waals surface area contributed by atoms with E-state index < -0.39 is 0 Å². The summed E-state index contributed by atoms with van der Waals surface area (Å²) in [5.74, 6) is -0.609. The van der Waals surface area contributed by atoms with Crippen molar-refractivity contribution in [1.82, 2.24) is 0 Å². The monoisotopic (exact) mass is 498 g/mol. The molecule has 0 N–H and O–H groups in total. The number of rotatable bonds is 22. The Labute approximate surface area is 220 Å². The Morgan fingerprint density at radius 1 is 0.528 bits per heavy atom. The zero-order valence-corrected chi connectivity index (χ0v) is 23.0. The first-order chi connectivity index (χ1) is 17.7. The molecule has 0 atom stereocenters. The fourth-order valence-electron chi connectivity index (χ4n) is 3.96. The molecule has 1 aromatic rings. The van der Waals surface area contributed by atoms with Gasteiger partial charge >= 0.3 is 11.9 Å². The standard InChI is InChI=1S/C32H50O4/c1-3-5-7-9-11-13-15-17-27-35-31(33)25-23-29-19-21-30(22-20-29)24-26-32(34)36-28-18-16-14-12-10-8-6-4-2/h19-26H,3-18,27-28H2,1-2H3/b25-23+,26-24+. The van der Waals surface area contributed by atoms with Crippen molar-refractivity contribution in [2.45, 2.75) is 117 Å². The molecule has 0 spiro atoms. The van der Waals surface area contributed by atoms with Crippen LogP contribution in [0.25, 0.3) is 12.2 Å². The maximum absolute atomic E-state index is 11.9. The predicted molar refractivity (Wildman–Crippen MR) is 152 cm³/mol. The third kappa shape index (κ3) is 18.9. The first kappa shape index (κ1) is 31.7. The van der Waals surface area contributed by atoms with E-state index in [2.05, 4.69) is 13.8 Å². The van der Waals surface area contributed by atoms with Gasteiger partial charge < -0.3 is 9.47 Å². The first-order valence-electron chi connectivity index (χ1n) is 14.5. The Bertz CT molecular complexity index is 670. The molecule has 0 fully saturated rings. The van der Waals surface area contributed by atoms with E-state index in [0.717, 1.165) is 36.8 Å². The van der Waals surface area contributed by atoms with E-state index >= 15 is 0 Å². The molecule has 1 rings (SSSR count). The van der Waals surface area contributed by atoms with Crippen molar-refractivity contribution < 1.29 is 19.1 Å². The van der Waals surface area contributed by atoms with Gasteiger partial charge in [-0.25, -0.2) is 9.59 Å². The summed E-state index contributed by atoms with van der Waals surface area (Å²) in [4.78, 5) is 23.8. The molecule has 0 radical (unpaired) electrons. The van der Waals surface area contributed by atoms with E-state index in [0.29, 0.717) is 13.2 Å². The minimum absolute atomic E-state index is 0.304. The molecule has 1 aromatic carbocycles. The molecule has 202 valence electrons. The van der Waals surface area contributed by atoms with E-state index in [1.54, 1.807) is 12.2 Å². The number of hydrogen-bond acceptors (Lipinski definition) is 4. The molecule has 0 bridgehead atoms. The number of benzene rings is 1. The average Bonchev–Trinajstić information content (AvgIpc) is 2.89. The second kappa shape index (κ2) is 23.1. The van der Waals surface area contributed by atoms with Gasteiger partial charge in [-0.2, -0.15) is 0 Å². The normalized spacial score (nSPS) is 11.4. The summed E-state index contributed by atoms with van der Waals surface area (Å²) in [5, 5.41) is 0. The Morgan fingerprint density at radius 3 is 1.17 bits per heavy atom. The van der Waals surface area contributed by atoms with Crippen molar-refractivity contribution in [3.8, 4) is 0 Å². The summed E-state index contributed by atoms with van der Waals surface area (Å²) < 4.78 is 10.6. The molecule has 0 heterocycles. The third-order valence-corrected chi connectivity index (χ3v) is 6.24. The quantitative estimate of drug-likeness (QED) is 0.0908. The van der Waals surface area contributed by atoms with Crippen LogP contribution in [-0.2, 0) is 19.1 Å². The molecule has 0 aliphatic rings. The zero-order valence-electron chi connectivity index (χ0n) is 23.0. The molecule has 0 unspecified atom stereocenters. The highest BCUT2D eigenvalue weighted by Crippen LogP contribution is 2.11. The van der Waals surface area contributed by atoms with Crippen molar-refractivity contribution in [1.29, 1.82) is 0 Å². The summed E-state index contributed by atoms with van der Waals surface area (Å²) in [6.07, 6.45) is 26.0. The van der Waals surface area contributed by atoms with Crippen LogP contribution in [0, 0.1) is 0 Å². The van der Waals surface area contributed by atoms with Crippen LogP contribution >= 0.6 is 0 Å². The van der Waals surface area contributed by atoms with E-state index in [1.807, 2.05) is 24.3 Å². The lowest BCUT2D eigenvalue weighted by molar-refractivity contribution is -0.138. The minimum Gasteiger partial charge on any atom is -0.463 e. The molecule has 0 aromatic heterocycles. The topological polar surface area (TPSA) is 52.6 Å². The fraction of sp³-hybridized carbons (Fsp3) is 0.625. The van der Waals surface area contributed by atoms with Crippen molar-refractivity contribution in [3.63, 3.8) is 0 Å². The van der Waals surface area contributed by atoms with Crippen LogP contribution in [0.3, 0.4) is 0 Å². The Hall–Kier alpha value is -2.36. The van der Waals surface area contributed by atoms with Gasteiger partial charge in [0.2, 0.25) is 0 Å². The average molecular weight is 499 g/mol. The molecule has 0 aliphatic heterocycles. The highest BCUT2D eigenvalue weighted by atomic mass is 16.5. The van der Waals surface area contributed by atoms with Gasteiger partial charge in [0.1, 0.15) is 0 Å². The van der Waals surface area contributed by atoms with Crippen LogP contribution in [0.15, 0.2) is 36.4 Å². The van der Waals surface area contributed by atoms with Gasteiger partial charge in [-0.05, 0) is 36.1 Å². The van der Waals surface area contributed by atoms with Gasteiger partial charge in [-0.1, -0.05) is 128 Å². The third-order valence-electron chi connectivity index (χ3n) is 6.24. The van der Waals surface area contributed by atoms with E-state index in [4.69, 9.17) is 9.47 Å². The lowest BCUT2D eigenvalue weighted by Gasteiger charge is -2.03. The maximum Gasteiger partial charge on any atom is 0.330 e. The molecular formula is C32H50O4. The van der Waals surface area contributed by atoms with Crippen LogP contribution in [0.2, 0.25) is 0 Å². The lowest BCUT2D eigenvalue weighted by atomic mass is 10.1. The number of unbranched alkanes of at least 4 members (excludes halogenated alkanes) is 14. The smallest absolute Gasteiger partial charge is 0.330 e. The second-order valence-electron chi connectivity index (χ2n) is 9.62. The maximum atomic E-state index is 11.9. The number of ether oxygens (including phenoxy) is 2. The Morgan fingerprint density at radius 2 is 0.833 bits per heavy atom. The predicted octanol–water partition coefficient (Wildman–Crippen LogP) is 9.08. The largest absolute Gasteiger partial charge is 0.463 e. The van der Waals surface area contributed by atoms with E-state index in [9.17, 15) is 9.59 Å². The highest BCUT2D eigenvalue weighted by molar-refractivity contribution is 5.88. The molecule has 4 heteroatoms. The number of esters is 2. The van der Waals surface area contributed by atoms with Crippen LogP contribution in [0.5, 0.6) is 0 Å². The van der Waals surface area contributed by atoms with Crippen LogP contribution in [-0.4, -0.2) is 25.2 Å². The van der Waals surface area contributed by atoms with Crippen LogP contribution in [0.4, 0.5) is 0 Å². The molecule has 4 nitrogen and oxygen atoms in total. The van der Waals surface area contributed by atoms with E-state index in [1.165, 1.54) is 89.2 Å². The van der Waals surface area contributed by atoms with Gasteiger partial charge in [-0.15, -0.1) is 0 Å². The highest BCUT2D eigenvalue weighted by Gasteiger charge is 2.00. The van der Waals surface area contributed by atoms with Crippen molar-refractivity contribution in [2.75, 3.05) is 13.2 Å². The molecule has 0 saturated carbocycles. The van der Waals surface area contributed by atoms with Crippen molar-refractivity contribution in [3.05, 3.63) is 47.5 Å². The van der Waals surface area contributed by atoms with Gasteiger partial charge in [0.25, 0.3) is 0 Å². The molecule has 0 saturated heterocycles. The van der Waals surface area contributed by atoms with Gasteiger partial charge in [-0.3, -0.25) is 0 Å². The Balaban J connectivity index is 2.14. The summed E-state index contributed by atoms with van der Waals surface area (Å²) in [6, 6.07) is 7.64. The van der Waals surface area contributed by atoms with E-state index in [-0.39, 0.29) is 11.9 Å². The number of carbonyl (C=O) groups is 2. The Kier molecular flexibility index (Phi) is 20.3. The molecule has 36 heavy (non-hydrogen) atoms. The van der Waals surface area contributed by atoms with Gasteiger partial charge in [0.05, 0.1) is 13.2 Å². The second-order valence-corrected chi connectivity index (χ2v) is 9.62. The SMILES string of the molecule is CCCCCCCCCCOC(=O)/C=C/c1ccc(/C=C/C(=O)OCCCCCCCCCC)cc1. The summed E-state index contributed by atoms with van der Waals surface area (Å²) in [7, 11) is 0. The number of carbonyl (C=O) groups excluding carboxylic acids is 2. The zero-order chi connectivity index (χ0) is 26.1. The fourth-order valence-corrected chi connectivity index (χ4v) is 3.96. The molecule has 0 aliphatic carbocycles. The van der Waals surface area contributed by atoms with Gasteiger partial charge in [0, 0.05) is 12.2 Å². The molecule has 0 amide bonds. The summed E-state index contributed by atoms with van der Waals surface area (Å²) >= 11 is 0. The van der Waals surface area contributed by atoms with Crippen LogP contribution in [0.1, 0.15) is 128 Å². The van der Waals surface area contributed by atoms with Crippen LogP contribution < -0.4 is 0 Å².